The average molecular weight is 169 g/mol. The molecule has 0 spiro atoms. The maximum absolute atomic E-state index is 11.0. The van der Waals surface area contributed by atoms with Crippen LogP contribution in [0.5, 0.6) is 0 Å². The molecule has 0 atom stereocenters. The molecule has 1 aliphatic heterocycles. The maximum atomic E-state index is 11.0. The Labute approximate surface area is 72.8 Å². The summed E-state index contributed by atoms with van der Waals surface area (Å²) in [6.07, 6.45) is 2.49. The molecule has 0 radical (unpaired) electrons. The van der Waals surface area contributed by atoms with Crippen molar-refractivity contribution in [1.29, 1.82) is 0 Å². The first-order chi connectivity index (χ1) is 5.63. The Morgan fingerprint density at radius 1 is 1.58 bits per heavy atom. The summed E-state index contributed by atoms with van der Waals surface area (Å²) in [4.78, 5) is 16.2. The van der Waals surface area contributed by atoms with Crippen molar-refractivity contribution < 1.29 is 9.63 Å². The summed E-state index contributed by atoms with van der Waals surface area (Å²) in [7, 11) is 0. The van der Waals surface area contributed by atoms with Gasteiger partial charge in [0, 0.05) is 13.3 Å². The van der Waals surface area contributed by atoms with Gasteiger partial charge in [0.2, 0.25) is 0 Å². The van der Waals surface area contributed by atoms with Crippen LogP contribution in [0.2, 0.25) is 0 Å². The molecule has 0 aromatic rings. The zero-order chi connectivity index (χ0) is 9.19. The van der Waals surface area contributed by atoms with E-state index in [0.717, 1.165) is 12.8 Å². The lowest BCUT2D eigenvalue weighted by Crippen LogP contribution is -2.28. The summed E-state index contributed by atoms with van der Waals surface area (Å²) in [6, 6.07) is 0. The van der Waals surface area contributed by atoms with Gasteiger partial charge in [-0.15, -0.1) is 0 Å². The Balaban J connectivity index is 2.66. The summed E-state index contributed by atoms with van der Waals surface area (Å²) in [5.41, 5.74) is 0.389. The molecule has 0 unspecified atom stereocenters. The molecule has 1 rings (SSSR count). The molecule has 0 fully saturated rings. The number of hydrogen-bond donors (Lipinski definition) is 0. The van der Waals surface area contributed by atoms with Crippen LogP contribution in [-0.4, -0.2) is 17.1 Å². The second-order valence-corrected chi connectivity index (χ2v) is 3.25. The summed E-state index contributed by atoms with van der Waals surface area (Å²) < 4.78 is 0. The summed E-state index contributed by atoms with van der Waals surface area (Å²) >= 11 is 0. The molecule has 68 valence electrons. The lowest BCUT2D eigenvalue weighted by atomic mass is 9.91. The number of hydrogen-bond acceptors (Lipinski definition) is 3. The predicted molar refractivity (Wildman–Crippen MR) is 47.1 cm³/mol. The molecule has 0 saturated heterocycles. The van der Waals surface area contributed by atoms with Gasteiger partial charge in [-0.3, -0.25) is 4.79 Å². The van der Waals surface area contributed by atoms with Crippen molar-refractivity contribution in [1.82, 2.24) is 0 Å². The molecule has 0 bridgehead atoms. The fraction of sp³-hybridized carbons (Fsp3) is 0.778. The molecule has 0 amide bonds. The van der Waals surface area contributed by atoms with Crippen LogP contribution in [0.4, 0.5) is 0 Å². The van der Waals surface area contributed by atoms with Gasteiger partial charge in [-0.25, -0.2) is 0 Å². The molecular formula is C9H15NO2. The van der Waals surface area contributed by atoms with Crippen LogP contribution in [0.1, 0.15) is 40.0 Å². The predicted octanol–water partition coefficient (Wildman–Crippen LogP) is 1.91. The van der Waals surface area contributed by atoms with E-state index in [-0.39, 0.29) is 11.4 Å². The first-order valence-corrected chi connectivity index (χ1v) is 4.39. The molecule has 12 heavy (non-hydrogen) atoms. The Hall–Kier alpha value is -0.860. The summed E-state index contributed by atoms with van der Waals surface area (Å²) in [6.45, 7) is 5.65. The quantitative estimate of drug-likeness (QED) is 0.647. The van der Waals surface area contributed by atoms with Crippen LogP contribution in [0.3, 0.4) is 0 Å². The number of carbonyl (C=O) groups is 1. The van der Waals surface area contributed by atoms with Gasteiger partial charge in [0.1, 0.15) is 11.3 Å². The van der Waals surface area contributed by atoms with Gasteiger partial charge in [0.25, 0.3) is 0 Å². The van der Waals surface area contributed by atoms with Crippen molar-refractivity contribution in [3.05, 3.63) is 0 Å². The largest absolute Gasteiger partial charge is 0.388 e. The van der Waals surface area contributed by atoms with Crippen molar-refractivity contribution in [2.75, 3.05) is 0 Å². The van der Waals surface area contributed by atoms with E-state index >= 15 is 0 Å². The number of carbonyl (C=O) groups excluding carboxylic acids is 1. The number of rotatable bonds is 3. The zero-order valence-electron chi connectivity index (χ0n) is 7.89. The second kappa shape index (κ2) is 3.25. The normalized spacial score (nSPS) is 20.1. The third kappa shape index (κ3) is 1.49. The minimum Gasteiger partial charge on any atom is -0.388 e. The third-order valence-corrected chi connectivity index (χ3v) is 2.53. The second-order valence-electron chi connectivity index (χ2n) is 3.25. The SMILES string of the molecule is CCC1(CC)CC(C(C)=O)=NO1. The van der Waals surface area contributed by atoms with E-state index in [9.17, 15) is 4.79 Å². The van der Waals surface area contributed by atoms with Crippen LogP contribution >= 0.6 is 0 Å². The Bertz CT molecular complexity index is 217. The molecule has 1 heterocycles. The van der Waals surface area contributed by atoms with E-state index in [1.54, 1.807) is 0 Å². The molecule has 0 N–H and O–H groups in total. The highest BCUT2D eigenvalue weighted by Gasteiger charge is 2.36. The average Bonchev–Trinajstić information content (AvgIpc) is 2.49. The smallest absolute Gasteiger partial charge is 0.177 e. The van der Waals surface area contributed by atoms with E-state index in [0.29, 0.717) is 12.1 Å². The van der Waals surface area contributed by atoms with Crippen molar-refractivity contribution in [2.45, 2.75) is 45.6 Å². The van der Waals surface area contributed by atoms with Crippen LogP contribution in [0, 0.1) is 0 Å². The molecule has 0 saturated carbocycles. The molecular weight excluding hydrogens is 154 g/mol. The lowest BCUT2D eigenvalue weighted by molar-refractivity contribution is -0.111. The van der Waals surface area contributed by atoms with Crippen LogP contribution < -0.4 is 0 Å². The van der Waals surface area contributed by atoms with E-state index in [1.165, 1.54) is 6.92 Å². The van der Waals surface area contributed by atoms with Gasteiger partial charge in [-0.05, 0) is 12.8 Å². The van der Waals surface area contributed by atoms with Gasteiger partial charge >= 0.3 is 0 Å². The van der Waals surface area contributed by atoms with Crippen molar-refractivity contribution in [3.8, 4) is 0 Å². The first-order valence-electron chi connectivity index (χ1n) is 4.39. The first kappa shape index (κ1) is 9.23. The topological polar surface area (TPSA) is 38.7 Å². The number of nitrogens with zero attached hydrogens (tertiary/aromatic N) is 1. The Morgan fingerprint density at radius 2 is 2.17 bits per heavy atom. The van der Waals surface area contributed by atoms with E-state index in [2.05, 4.69) is 19.0 Å². The minimum absolute atomic E-state index is 0.0266. The molecule has 3 heteroatoms. The van der Waals surface area contributed by atoms with E-state index in [4.69, 9.17) is 4.84 Å². The van der Waals surface area contributed by atoms with Gasteiger partial charge in [0.15, 0.2) is 5.78 Å². The van der Waals surface area contributed by atoms with Crippen molar-refractivity contribution in [2.24, 2.45) is 5.16 Å². The molecule has 1 aliphatic rings. The van der Waals surface area contributed by atoms with Crippen LogP contribution in [0.15, 0.2) is 5.16 Å². The van der Waals surface area contributed by atoms with E-state index < -0.39 is 0 Å². The number of oxime groups is 1. The Morgan fingerprint density at radius 3 is 2.42 bits per heavy atom. The van der Waals surface area contributed by atoms with Crippen molar-refractivity contribution in [3.63, 3.8) is 0 Å². The van der Waals surface area contributed by atoms with E-state index in [1.807, 2.05) is 0 Å². The standard InChI is InChI=1S/C9H15NO2/c1-4-9(5-2)6-8(7(3)11)10-12-9/h4-6H2,1-3H3. The van der Waals surface area contributed by atoms with Gasteiger partial charge in [-0.2, -0.15) is 0 Å². The highest BCUT2D eigenvalue weighted by Crippen LogP contribution is 2.30. The molecule has 3 nitrogen and oxygen atoms in total. The summed E-state index contributed by atoms with van der Waals surface area (Å²) in [5.74, 6) is 0.0266. The fourth-order valence-electron chi connectivity index (χ4n) is 1.34. The monoisotopic (exact) mass is 169 g/mol. The molecule has 0 aromatic carbocycles. The van der Waals surface area contributed by atoms with Crippen LogP contribution in [0.25, 0.3) is 0 Å². The third-order valence-electron chi connectivity index (χ3n) is 2.53. The van der Waals surface area contributed by atoms with Gasteiger partial charge in [-0.1, -0.05) is 19.0 Å². The van der Waals surface area contributed by atoms with Crippen LogP contribution in [-0.2, 0) is 9.63 Å². The van der Waals surface area contributed by atoms with Gasteiger partial charge in [0.05, 0.1) is 0 Å². The maximum Gasteiger partial charge on any atom is 0.177 e. The number of Topliss-reactive ketones (excluding diaryl/α,β-unsaturated/α-hetero) is 1. The van der Waals surface area contributed by atoms with Gasteiger partial charge < -0.3 is 4.84 Å². The number of ketones is 1. The van der Waals surface area contributed by atoms with Crippen molar-refractivity contribution >= 4 is 11.5 Å². The highest BCUT2D eigenvalue weighted by molar-refractivity contribution is 6.39. The summed E-state index contributed by atoms with van der Waals surface area (Å²) in [5, 5.41) is 3.80. The lowest BCUT2D eigenvalue weighted by Gasteiger charge is -2.22. The Kier molecular flexibility index (Phi) is 2.50. The molecule has 0 aliphatic carbocycles. The minimum atomic E-state index is -0.193. The zero-order valence-corrected chi connectivity index (χ0v) is 7.89. The molecule has 0 aromatic heterocycles. The highest BCUT2D eigenvalue weighted by atomic mass is 16.7. The fourth-order valence-corrected chi connectivity index (χ4v) is 1.34.